The number of furan rings is 1. The summed E-state index contributed by atoms with van der Waals surface area (Å²) < 4.78 is 7.63. The van der Waals surface area contributed by atoms with E-state index in [1.54, 1.807) is 6.26 Å². The number of hydrogen-bond acceptors (Lipinski definition) is 6. The van der Waals surface area contributed by atoms with Crippen LogP contribution in [0.1, 0.15) is 38.9 Å². The van der Waals surface area contributed by atoms with Gasteiger partial charge in [0.25, 0.3) is 0 Å². The van der Waals surface area contributed by atoms with Crippen LogP contribution in [0.3, 0.4) is 0 Å². The lowest BCUT2D eigenvalue weighted by atomic mass is 9.92. The zero-order chi connectivity index (χ0) is 18.8. The third kappa shape index (κ3) is 4.66. The summed E-state index contributed by atoms with van der Waals surface area (Å²) in [5.41, 5.74) is 0. The molecular weight excluding hydrogens is 362 g/mol. The molecule has 2 unspecified atom stereocenters. The summed E-state index contributed by atoms with van der Waals surface area (Å²) in [5, 5.41) is 12.7. The van der Waals surface area contributed by atoms with E-state index in [1.807, 2.05) is 12.1 Å². The van der Waals surface area contributed by atoms with Crippen molar-refractivity contribution in [2.24, 2.45) is 11.8 Å². The zero-order valence-electron chi connectivity index (χ0n) is 15.9. The van der Waals surface area contributed by atoms with Crippen LogP contribution in [0.2, 0.25) is 0 Å². The monoisotopic (exact) mass is 389 g/mol. The van der Waals surface area contributed by atoms with E-state index in [1.165, 1.54) is 18.2 Å². The largest absolute Gasteiger partial charge is 0.467 e. The van der Waals surface area contributed by atoms with Crippen LogP contribution in [0.25, 0.3) is 0 Å². The second-order valence-electron chi connectivity index (χ2n) is 7.93. The molecule has 7 nitrogen and oxygen atoms in total. The molecule has 0 spiro atoms. The minimum atomic E-state index is 0.0665. The minimum absolute atomic E-state index is 0.0665. The Kier molecular flexibility index (Phi) is 5.43. The van der Waals surface area contributed by atoms with Crippen molar-refractivity contribution in [1.29, 1.82) is 0 Å². The molecule has 0 radical (unpaired) electrons. The number of nitrogens with one attached hydrogen (secondary N) is 1. The highest BCUT2D eigenvalue weighted by atomic mass is 32.2. The molecule has 1 N–H and O–H groups in total. The fourth-order valence-electron chi connectivity index (χ4n) is 3.77. The number of piperidine rings is 1. The number of amides is 1. The Balaban J connectivity index is 1.52. The molecule has 2 aromatic rings. The van der Waals surface area contributed by atoms with Gasteiger partial charge in [0.1, 0.15) is 5.76 Å². The lowest BCUT2D eigenvalue weighted by molar-refractivity contribution is -0.118. The molecule has 2 fully saturated rings. The second-order valence-corrected chi connectivity index (χ2v) is 8.87. The Hall–Kier alpha value is -1.96. The van der Waals surface area contributed by atoms with Crippen molar-refractivity contribution in [3.63, 3.8) is 0 Å². The van der Waals surface area contributed by atoms with Gasteiger partial charge in [-0.25, -0.2) is 0 Å². The van der Waals surface area contributed by atoms with Gasteiger partial charge in [0.05, 0.1) is 18.6 Å². The van der Waals surface area contributed by atoms with Crippen molar-refractivity contribution in [3.8, 4) is 0 Å². The van der Waals surface area contributed by atoms with Crippen LogP contribution in [0.15, 0.2) is 28.0 Å². The quantitative estimate of drug-likeness (QED) is 0.734. The topological polar surface area (TPSA) is 76.2 Å². The van der Waals surface area contributed by atoms with E-state index in [9.17, 15) is 4.79 Å². The molecule has 2 aromatic heterocycles. The number of nitrogens with zero attached hydrogens (tertiary/aromatic N) is 4. The van der Waals surface area contributed by atoms with E-state index >= 15 is 0 Å². The molecule has 0 bridgehead atoms. The summed E-state index contributed by atoms with van der Waals surface area (Å²) >= 11 is 1.44. The van der Waals surface area contributed by atoms with Gasteiger partial charge in [0.2, 0.25) is 11.9 Å². The summed E-state index contributed by atoms with van der Waals surface area (Å²) in [5.74, 6) is 3.41. The third-order valence-corrected chi connectivity index (χ3v) is 5.98. The average molecular weight is 390 g/mol. The second kappa shape index (κ2) is 7.96. The maximum absolute atomic E-state index is 12.1. The summed E-state index contributed by atoms with van der Waals surface area (Å²) in [4.78, 5) is 14.4. The molecule has 4 rings (SSSR count). The smallest absolute Gasteiger partial charge is 0.230 e. The Morgan fingerprint density at radius 3 is 2.74 bits per heavy atom. The highest BCUT2D eigenvalue weighted by Gasteiger charge is 2.28. The minimum Gasteiger partial charge on any atom is -0.467 e. The van der Waals surface area contributed by atoms with Crippen molar-refractivity contribution >= 4 is 23.6 Å². The third-order valence-electron chi connectivity index (χ3n) is 5.02. The molecule has 1 saturated heterocycles. The van der Waals surface area contributed by atoms with E-state index < -0.39 is 0 Å². The fourth-order valence-corrected chi connectivity index (χ4v) is 4.52. The normalized spacial score (nSPS) is 22.8. The van der Waals surface area contributed by atoms with Gasteiger partial charge in [-0.1, -0.05) is 25.6 Å². The highest BCUT2D eigenvalue weighted by molar-refractivity contribution is 7.99. The van der Waals surface area contributed by atoms with E-state index in [0.29, 0.717) is 30.2 Å². The molecule has 0 aromatic carbocycles. The molecule has 3 heterocycles. The van der Waals surface area contributed by atoms with Crippen molar-refractivity contribution in [3.05, 3.63) is 24.2 Å². The van der Waals surface area contributed by atoms with Gasteiger partial charge in [0, 0.05) is 19.1 Å². The molecule has 1 aliphatic carbocycles. The number of carbonyl (C=O) groups is 1. The van der Waals surface area contributed by atoms with Gasteiger partial charge in [-0.15, -0.1) is 10.2 Å². The van der Waals surface area contributed by atoms with Crippen molar-refractivity contribution in [1.82, 2.24) is 20.1 Å². The molecule has 146 valence electrons. The van der Waals surface area contributed by atoms with Crippen LogP contribution >= 0.6 is 11.8 Å². The highest BCUT2D eigenvalue weighted by Crippen LogP contribution is 2.29. The predicted molar refractivity (Wildman–Crippen MR) is 105 cm³/mol. The lowest BCUT2D eigenvalue weighted by Crippen LogP contribution is -2.40. The lowest BCUT2D eigenvalue weighted by Gasteiger charge is -2.35. The number of thioether (sulfide) groups is 1. The molecule has 2 atom stereocenters. The van der Waals surface area contributed by atoms with Crippen LogP contribution in [0.5, 0.6) is 0 Å². The number of hydrogen-bond donors (Lipinski definition) is 1. The van der Waals surface area contributed by atoms with Gasteiger partial charge in [0.15, 0.2) is 5.16 Å². The Morgan fingerprint density at radius 2 is 2.07 bits per heavy atom. The maximum Gasteiger partial charge on any atom is 0.230 e. The first-order valence-corrected chi connectivity index (χ1v) is 10.7. The number of carbonyl (C=O) groups excluding carboxylic acids is 1. The summed E-state index contributed by atoms with van der Waals surface area (Å²) in [7, 11) is 0. The number of rotatable bonds is 7. The molecular formula is C19H27N5O2S. The van der Waals surface area contributed by atoms with Gasteiger partial charge in [-0.05, 0) is 43.2 Å². The van der Waals surface area contributed by atoms with Crippen LogP contribution in [0.4, 0.5) is 5.95 Å². The van der Waals surface area contributed by atoms with Gasteiger partial charge in [-0.3, -0.25) is 9.36 Å². The standard InChI is InChI=1S/C19H27N5O2S/c1-13-8-14(2)10-23(9-13)18-21-22-19(24(18)11-16-4-3-7-26-16)27-12-17(25)20-15-5-6-15/h3-4,7,13-15H,5-6,8-12H2,1-2H3,(H,20,25). The molecule has 2 aliphatic rings. The van der Waals surface area contributed by atoms with Gasteiger partial charge < -0.3 is 14.6 Å². The molecule has 8 heteroatoms. The van der Waals surface area contributed by atoms with E-state index in [0.717, 1.165) is 42.8 Å². The number of aromatic nitrogens is 3. The van der Waals surface area contributed by atoms with Gasteiger partial charge in [-0.2, -0.15) is 0 Å². The SMILES string of the molecule is CC1CC(C)CN(c2nnc(SCC(=O)NC3CC3)n2Cc2ccco2)C1. The first-order valence-electron chi connectivity index (χ1n) is 9.71. The van der Waals surface area contributed by atoms with Crippen molar-refractivity contribution in [2.75, 3.05) is 23.7 Å². The maximum atomic E-state index is 12.1. The average Bonchev–Trinajstić information content (AvgIpc) is 3.13. The van der Waals surface area contributed by atoms with Gasteiger partial charge >= 0.3 is 0 Å². The van der Waals surface area contributed by atoms with Crippen LogP contribution in [-0.2, 0) is 11.3 Å². The summed E-state index contributed by atoms with van der Waals surface area (Å²) in [6, 6.07) is 4.23. The Morgan fingerprint density at radius 1 is 1.30 bits per heavy atom. The fraction of sp³-hybridized carbons (Fsp3) is 0.632. The van der Waals surface area contributed by atoms with Crippen molar-refractivity contribution < 1.29 is 9.21 Å². The zero-order valence-corrected chi connectivity index (χ0v) is 16.7. The summed E-state index contributed by atoms with van der Waals surface area (Å²) in [6.45, 7) is 7.10. The Bertz CT molecular complexity index is 761. The number of anilines is 1. The Labute approximate surface area is 163 Å². The molecule has 27 heavy (non-hydrogen) atoms. The predicted octanol–water partition coefficient (Wildman–Crippen LogP) is 2.77. The van der Waals surface area contributed by atoms with E-state index in [-0.39, 0.29) is 5.91 Å². The van der Waals surface area contributed by atoms with Crippen LogP contribution in [0, 0.1) is 11.8 Å². The van der Waals surface area contributed by atoms with Crippen LogP contribution in [-0.4, -0.2) is 45.6 Å². The van der Waals surface area contributed by atoms with E-state index in [4.69, 9.17) is 4.42 Å². The molecule has 1 saturated carbocycles. The first-order chi connectivity index (χ1) is 13.1. The van der Waals surface area contributed by atoms with Crippen LogP contribution < -0.4 is 10.2 Å². The first kappa shape index (κ1) is 18.4. The molecule has 1 amide bonds. The molecule has 1 aliphatic heterocycles. The van der Waals surface area contributed by atoms with E-state index in [2.05, 4.69) is 38.8 Å². The van der Waals surface area contributed by atoms with Crippen molar-refractivity contribution in [2.45, 2.75) is 50.9 Å². The summed E-state index contributed by atoms with van der Waals surface area (Å²) in [6.07, 6.45) is 5.12.